The zero-order chi connectivity index (χ0) is 15.4. The van der Waals surface area contributed by atoms with Crippen LogP contribution in [0, 0.1) is 13.8 Å². The summed E-state index contributed by atoms with van der Waals surface area (Å²) in [4.78, 5) is 0. The van der Waals surface area contributed by atoms with Crippen LogP contribution in [0.2, 0.25) is 5.02 Å². The van der Waals surface area contributed by atoms with Crippen LogP contribution in [0.4, 0.5) is 0 Å². The number of benzene rings is 2. The van der Waals surface area contributed by atoms with Crippen molar-refractivity contribution in [3.63, 3.8) is 0 Å². The summed E-state index contributed by atoms with van der Waals surface area (Å²) in [6.07, 6.45) is -0.0297. The summed E-state index contributed by atoms with van der Waals surface area (Å²) in [6, 6.07) is 14.5. The minimum Gasteiger partial charge on any atom is -0.487 e. The molecule has 0 fully saturated rings. The van der Waals surface area contributed by atoms with E-state index < -0.39 is 0 Å². The van der Waals surface area contributed by atoms with E-state index in [1.165, 1.54) is 11.1 Å². The molecule has 0 aliphatic rings. The van der Waals surface area contributed by atoms with Gasteiger partial charge in [-0.25, -0.2) is 0 Å². The van der Waals surface area contributed by atoms with Crippen molar-refractivity contribution in [3.8, 4) is 5.75 Å². The van der Waals surface area contributed by atoms with Gasteiger partial charge in [-0.05, 0) is 51.1 Å². The molecule has 0 aliphatic carbocycles. The Labute approximate surface area is 132 Å². The van der Waals surface area contributed by atoms with Gasteiger partial charge in [0.2, 0.25) is 0 Å². The van der Waals surface area contributed by atoms with E-state index in [1.807, 2.05) is 32.2 Å². The summed E-state index contributed by atoms with van der Waals surface area (Å²) >= 11 is 6.24. The Hall–Kier alpha value is -1.51. The van der Waals surface area contributed by atoms with Gasteiger partial charge in [-0.15, -0.1) is 0 Å². The maximum Gasteiger partial charge on any atom is 0.138 e. The van der Waals surface area contributed by atoms with Gasteiger partial charge in [0.05, 0.1) is 11.1 Å². The topological polar surface area (TPSA) is 21.3 Å². The lowest BCUT2D eigenvalue weighted by Crippen LogP contribution is -2.31. The number of hydrogen-bond acceptors (Lipinski definition) is 2. The van der Waals surface area contributed by atoms with Crippen LogP contribution in [0.1, 0.15) is 29.7 Å². The molecule has 0 saturated carbocycles. The molecule has 0 aromatic heterocycles. The average Bonchev–Trinajstić information content (AvgIpc) is 2.45. The largest absolute Gasteiger partial charge is 0.487 e. The molecule has 2 unspecified atom stereocenters. The molecule has 2 aromatic rings. The van der Waals surface area contributed by atoms with E-state index in [1.54, 1.807) is 0 Å². The van der Waals surface area contributed by atoms with Gasteiger partial charge in [-0.2, -0.15) is 0 Å². The molecule has 0 bridgehead atoms. The summed E-state index contributed by atoms with van der Waals surface area (Å²) in [7, 11) is 1.95. The third kappa shape index (κ3) is 3.99. The number of nitrogens with one attached hydrogen (secondary N) is 1. The Bertz CT molecular complexity index is 595. The number of likely N-dealkylation sites (N-methyl/N-ethyl adjacent to an activating group) is 1. The molecule has 112 valence electrons. The standard InChI is InChI=1S/C18H22ClNO/c1-12-5-8-15(9-6-12)18(20-4)14(3)21-17-10-7-13(2)11-16(17)19/h5-11,14,18,20H,1-4H3. The monoisotopic (exact) mass is 303 g/mol. The molecule has 2 rings (SSSR count). The van der Waals surface area contributed by atoms with Crippen molar-refractivity contribution < 1.29 is 4.74 Å². The van der Waals surface area contributed by atoms with E-state index in [0.717, 1.165) is 11.3 Å². The molecule has 0 heterocycles. The van der Waals surface area contributed by atoms with Crippen molar-refractivity contribution in [2.24, 2.45) is 0 Å². The Morgan fingerprint density at radius 1 is 1.00 bits per heavy atom. The Morgan fingerprint density at radius 3 is 2.19 bits per heavy atom. The molecular weight excluding hydrogens is 282 g/mol. The normalized spacial score (nSPS) is 13.8. The minimum absolute atomic E-state index is 0.0297. The summed E-state index contributed by atoms with van der Waals surface area (Å²) in [6.45, 7) is 6.16. The van der Waals surface area contributed by atoms with Crippen molar-refractivity contribution in [2.75, 3.05) is 7.05 Å². The number of aryl methyl sites for hydroxylation is 2. The number of hydrogen-bond donors (Lipinski definition) is 1. The second kappa shape index (κ2) is 6.97. The van der Waals surface area contributed by atoms with Crippen LogP contribution in [-0.4, -0.2) is 13.2 Å². The molecule has 21 heavy (non-hydrogen) atoms. The van der Waals surface area contributed by atoms with Crippen molar-refractivity contribution in [2.45, 2.75) is 32.9 Å². The SMILES string of the molecule is CNC(c1ccc(C)cc1)C(C)Oc1ccc(C)cc1Cl. The molecule has 0 radical (unpaired) electrons. The predicted molar refractivity (Wildman–Crippen MR) is 89.3 cm³/mol. The van der Waals surface area contributed by atoms with E-state index >= 15 is 0 Å². The van der Waals surface area contributed by atoms with Crippen LogP contribution in [0.3, 0.4) is 0 Å². The number of halogens is 1. The van der Waals surface area contributed by atoms with Gasteiger partial charge in [0, 0.05) is 0 Å². The summed E-state index contributed by atoms with van der Waals surface area (Å²) < 4.78 is 6.04. The van der Waals surface area contributed by atoms with Gasteiger partial charge in [0.1, 0.15) is 11.9 Å². The van der Waals surface area contributed by atoms with Gasteiger partial charge in [-0.3, -0.25) is 0 Å². The summed E-state index contributed by atoms with van der Waals surface area (Å²) in [5.41, 5.74) is 3.59. The highest BCUT2D eigenvalue weighted by Gasteiger charge is 2.20. The fraction of sp³-hybridized carbons (Fsp3) is 0.333. The van der Waals surface area contributed by atoms with Crippen LogP contribution in [-0.2, 0) is 0 Å². The first-order chi connectivity index (χ1) is 10.0. The van der Waals surface area contributed by atoms with Crippen LogP contribution in [0.15, 0.2) is 42.5 Å². The first-order valence-electron chi connectivity index (χ1n) is 7.18. The lowest BCUT2D eigenvalue weighted by atomic mass is 10.0. The van der Waals surface area contributed by atoms with Crippen LogP contribution >= 0.6 is 11.6 Å². The molecule has 0 aliphatic heterocycles. The van der Waals surface area contributed by atoms with E-state index in [-0.39, 0.29) is 12.1 Å². The summed E-state index contributed by atoms with van der Waals surface area (Å²) in [5.74, 6) is 0.724. The zero-order valence-electron chi connectivity index (χ0n) is 13.0. The third-order valence-electron chi connectivity index (χ3n) is 3.62. The molecule has 0 spiro atoms. The zero-order valence-corrected chi connectivity index (χ0v) is 13.7. The van der Waals surface area contributed by atoms with Crippen molar-refractivity contribution >= 4 is 11.6 Å². The van der Waals surface area contributed by atoms with Gasteiger partial charge in [-0.1, -0.05) is 47.5 Å². The molecule has 1 N–H and O–H groups in total. The number of rotatable bonds is 5. The van der Waals surface area contributed by atoms with Crippen molar-refractivity contribution in [1.29, 1.82) is 0 Å². The fourth-order valence-corrected chi connectivity index (χ4v) is 2.70. The van der Waals surface area contributed by atoms with E-state index in [9.17, 15) is 0 Å². The first-order valence-corrected chi connectivity index (χ1v) is 7.55. The maximum atomic E-state index is 6.24. The Morgan fingerprint density at radius 2 is 1.62 bits per heavy atom. The van der Waals surface area contributed by atoms with Crippen LogP contribution < -0.4 is 10.1 Å². The smallest absolute Gasteiger partial charge is 0.138 e. The fourth-order valence-electron chi connectivity index (χ4n) is 2.42. The second-order valence-corrected chi connectivity index (χ2v) is 5.84. The quantitative estimate of drug-likeness (QED) is 0.865. The Balaban J connectivity index is 2.16. The highest BCUT2D eigenvalue weighted by molar-refractivity contribution is 6.32. The van der Waals surface area contributed by atoms with Crippen molar-refractivity contribution in [1.82, 2.24) is 5.32 Å². The molecule has 2 atom stereocenters. The molecule has 3 heteroatoms. The lowest BCUT2D eigenvalue weighted by molar-refractivity contribution is 0.175. The maximum absolute atomic E-state index is 6.24. The average molecular weight is 304 g/mol. The molecular formula is C18H22ClNO. The molecule has 2 aromatic carbocycles. The minimum atomic E-state index is -0.0297. The second-order valence-electron chi connectivity index (χ2n) is 5.43. The Kier molecular flexibility index (Phi) is 5.27. The molecule has 0 amide bonds. The van der Waals surface area contributed by atoms with Gasteiger partial charge < -0.3 is 10.1 Å². The van der Waals surface area contributed by atoms with Gasteiger partial charge in [0.25, 0.3) is 0 Å². The van der Waals surface area contributed by atoms with Gasteiger partial charge in [0.15, 0.2) is 0 Å². The molecule has 0 saturated heterocycles. The van der Waals surface area contributed by atoms with Gasteiger partial charge >= 0.3 is 0 Å². The van der Waals surface area contributed by atoms with Crippen molar-refractivity contribution in [3.05, 3.63) is 64.2 Å². The highest BCUT2D eigenvalue weighted by Crippen LogP contribution is 2.29. The van der Waals surface area contributed by atoms with Crippen LogP contribution in [0.5, 0.6) is 5.75 Å². The van der Waals surface area contributed by atoms with Crippen LogP contribution in [0.25, 0.3) is 0 Å². The highest BCUT2D eigenvalue weighted by atomic mass is 35.5. The summed E-state index contributed by atoms with van der Waals surface area (Å²) in [5, 5.41) is 3.97. The van der Waals surface area contributed by atoms with E-state index in [0.29, 0.717) is 5.02 Å². The lowest BCUT2D eigenvalue weighted by Gasteiger charge is -2.25. The number of ether oxygens (including phenoxy) is 1. The molecule has 2 nitrogen and oxygen atoms in total. The predicted octanol–water partition coefficient (Wildman–Crippen LogP) is 4.68. The third-order valence-corrected chi connectivity index (χ3v) is 3.91. The van der Waals surface area contributed by atoms with E-state index in [2.05, 4.69) is 43.4 Å². The first kappa shape index (κ1) is 15.9. The van der Waals surface area contributed by atoms with E-state index in [4.69, 9.17) is 16.3 Å².